The Hall–Kier alpha value is -0.430. The van der Waals surface area contributed by atoms with E-state index in [9.17, 15) is 8.42 Å². The van der Waals surface area contributed by atoms with Gasteiger partial charge < -0.3 is 5.32 Å². The van der Waals surface area contributed by atoms with E-state index >= 15 is 0 Å². The number of halogens is 1. The molecule has 20 heavy (non-hydrogen) atoms. The molecule has 0 saturated carbocycles. The quantitative estimate of drug-likeness (QED) is 0.811. The molecule has 0 fully saturated rings. The molecule has 0 unspecified atom stereocenters. The van der Waals surface area contributed by atoms with Gasteiger partial charge in [0.15, 0.2) is 0 Å². The summed E-state index contributed by atoms with van der Waals surface area (Å²) in [6.45, 7) is 7.86. The molecular formula is C14H23BrN2O2S. The monoisotopic (exact) mass is 362 g/mol. The van der Waals surface area contributed by atoms with Crippen molar-refractivity contribution in [2.75, 3.05) is 20.1 Å². The zero-order chi connectivity index (χ0) is 15.3. The Morgan fingerprint density at radius 1 is 1.30 bits per heavy atom. The first-order valence-corrected chi connectivity index (χ1v) is 9.04. The van der Waals surface area contributed by atoms with E-state index in [-0.39, 0.29) is 0 Å². The van der Waals surface area contributed by atoms with Crippen LogP contribution in [0.5, 0.6) is 0 Å². The SMILES string of the molecule is CCCN(C)S(=O)(=O)c1cc(CNCC)cc(Br)c1C. The third kappa shape index (κ3) is 4.04. The van der Waals surface area contributed by atoms with Crippen LogP contribution in [0.1, 0.15) is 31.4 Å². The van der Waals surface area contributed by atoms with Crippen LogP contribution in [-0.4, -0.2) is 32.9 Å². The van der Waals surface area contributed by atoms with Gasteiger partial charge in [-0.25, -0.2) is 12.7 Å². The molecule has 114 valence electrons. The highest BCUT2D eigenvalue weighted by molar-refractivity contribution is 9.10. The molecule has 0 radical (unpaired) electrons. The lowest BCUT2D eigenvalue weighted by Crippen LogP contribution is -2.28. The normalized spacial score (nSPS) is 12.1. The van der Waals surface area contributed by atoms with Crippen molar-refractivity contribution in [1.29, 1.82) is 0 Å². The Labute approximate surface area is 130 Å². The summed E-state index contributed by atoms with van der Waals surface area (Å²) in [6, 6.07) is 3.74. The van der Waals surface area contributed by atoms with Crippen LogP contribution in [0.15, 0.2) is 21.5 Å². The molecule has 0 aliphatic heterocycles. The molecule has 1 N–H and O–H groups in total. The molecular weight excluding hydrogens is 340 g/mol. The maximum atomic E-state index is 12.6. The van der Waals surface area contributed by atoms with Gasteiger partial charge in [-0.1, -0.05) is 29.8 Å². The highest BCUT2D eigenvalue weighted by atomic mass is 79.9. The molecule has 0 saturated heterocycles. The molecule has 0 spiro atoms. The standard InChI is InChI=1S/C14H23BrN2O2S/c1-5-7-17(4)20(18,19)14-9-12(10-16-6-2)8-13(15)11(14)3/h8-9,16H,5-7,10H2,1-4H3. The lowest BCUT2D eigenvalue weighted by Gasteiger charge is -2.19. The Kier molecular flexibility index (Phi) is 6.64. The summed E-state index contributed by atoms with van der Waals surface area (Å²) in [7, 11) is -1.80. The predicted octanol–water partition coefficient (Wildman–Crippen LogP) is 2.90. The smallest absolute Gasteiger partial charge is 0.243 e. The lowest BCUT2D eigenvalue weighted by atomic mass is 10.1. The fourth-order valence-corrected chi connectivity index (χ4v) is 4.14. The van der Waals surface area contributed by atoms with Crippen LogP contribution in [0, 0.1) is 6.92 Å². The number of rotatable bonds is 7. The third-order valence-electron chi connectivity index (χ3n) is 3.16. The van der Waals surface area contributed by atoms with E-state index in [1.807, 2.05) is 26.8 Å². The van der Waals surface area contributed by atoms with Crippen LogP contribution in [0.4, 0.5) is 0 Å². The van der Waals surface area contributed by atoms with Crippen molar-refractivity contribution in [3.63, 3.8) is 0 Å². The number of nitrogens with one attached hydrogen (secondary N) is 1. The van der Waals surface area contributed by atoms with Gasteiger partial charge in [-0.15, -0.1) is 0 Å². The Morgan fingerprint density at radius 3 is 2.50 bits per heavy atom. The molecule has 0 aliphatic rings. The van der Waals surface area contributed by atoms with Crippen LogP contribution in [0.3, 0.4) is 0 Å². The van der Waals surface area contributed by atoms with Gasteiger partial charge in [-0.2, -0.15) is 0 Å². The summed E-state index contributed by atoms with van der Waals surface area (Å²) in [5.41, 5.74) is 1.72. The van der Waals surface area contributed by atoms with Crippen LogP contribution in [0.2, 0.25) is 0 Å². The fraction of sp³-hybridized carbons (Fsp3) is 0.571. The molecule has 0 aromatic heterocycles. The first-order chi connectivity index (χ1) is 9.34. The Bertz CT molecular complexity index is 559. The number of nitrogens with zero attached hydrogens (tertiary/aromatic N) is 1. The van der Waals surface area contributed by atoms with Gasteiger partial charge in [0.1, 0.15) is 0 Å². The van der Waals surface area contributed by atoms with E-state index in [2.05, 4.69) is 21.2 Å². The second-order valence-electron chi connectivity index (χ2n) is 4.81. The summed E-state index contributed by atoms with van der Waals surface area (Å²) in [6.07, 6.45) is 0.799. The largest absolute Gasteiger partial charge is 0.313 e. The zero-order valence-electron chi connectivity index (χ0n) is 12.5. The highest BCUT2D eigenvalue weighted by Gasteiger charge is 2.23. The predicted molar refractivity (Wildman–Crippen MR) is 86.4 cm³/mol. The van der Waals surface area contributed by atoms with Crippen molar-refractivity contribution in [2.24, 2.45) is 0 Å². The second-order valence-corrected chi connectivity index (χ2v) is 7.68. The molecule has 0 bridgehead atoms. The van der Waals surface area contributed by atoms with E-state index in [4.69, 9.17) is 0 Å². The van der Waals surface area contributed by atoms with E-state index in [1.54, 1.807) is 13.1 Å². The van der Waals surface area contributed by atoms with E-state index in [1.165, 1.54) is 4.31 Å². The van der Waals surface area contributed by atoms with Gasteiger partial charge in [0.05, 0.1) is 4.90 Å². The van der Waals surface area contributed by atoms with Gasteiger partial charge in [0.25, 0.3) is 0 Å². The minimum absolute atomic E-state index is 0.385. The van der Waals surface area contributed by atoms with Crippen LogP contribution in [0.25, 0.3) is 0 Å². The van der Waals surface area contributed by atoms with Crippen molar-refractivity contribution in [1.82, 2.24) is 9.62 Å². The van der Waals surface area contributed by atoms with Gasteiger partial charge in [-0.3, -0.25) is 0 Å². The van der Waals surface area contributed by atoms with E-state index in [0.717, 1.165) is 28.6 Å². The summed E-state index contributed by atoms with van der Waals surface area (Å²) < 4.78 is 27.5. The molecule has 0 heterocycles. The number of hydrogen-bond donors (Lipinski definition) is 1. The molecule has 1 aromatic rings. The van der Waals surface area contributed by atoms with Crippen molar-refractivity contribution >= 4 is 26.0 Å². The molecule has 1 rings (SSSR count). The fourth-order valence-electron chi connectivity index (χ4n) is 1.95. The van der Waals surface area contributed by atoms with E-state index in [0.29, 0.717) is 18.0 Å². The summed E-state index contributed by atoms with van der Waals surface area (Å²) in [5.74, 6) is 0. The number of hydrogen-bond acceptors (Lipinski definition) is 3. The Balaban J connectivity index is 3.25. The average Bonchev–Trinajstić information content (AvgIpc) is 2.39. The minimum Gasteiger partial charge on any atom is -0.313 e. The van der Waals surface area contributed by atoms with Gasteiger partial charge in [0, 0.05) is 24.6 Å². The van der Waals surface area contributed by atoms with Gasteiger partial charge in [-0.05, 0) is 43.1 Å². The third-order valence-corrected chi connectivity index (χ3v) is 5.97. The second kappa shape index (κ2) is 7.54. The van der Waals surface area contributed by atoms with Gasteiger partial charge in [0.2, 0.25) is 10.0 Å². The van der Waals surface area contributed by atoms with Crippen LogP contribution >= 0.6 is 15.9 Å². The molecule has 0 amide bonds. The van der Waals surface area contributed by atoms with Crippen molar-refractivity contribution in [2.45, 2.75) is 38.6 Å². The van der Waals surface area contributed by atoms with Crippen LogP contribution in [-0.2, 0) is 16.6 Å². The topological polar surface area (TPSA) is 49.4 Å². The molecule has 6 heteroatoms. The van der Waals surface area contributed by atoms with Crippen molar-refractivity contribution < 1.29 is 8.42 Å². The first kappa shape index (κ1) is 17.6. The molecule has 0 atom stereocenters. The molecule has 1 aromatic carbocycles. The summed E-state index contributed by atoms with van der Waals surface area (Å²) >= 11 is 3.46. The van der Waals surface area contributed by atoms with Gasteiger partial charge >= 0.3 is 0 Å². The summed E-state index contributed by atoms with van der Waals surface area (Å²) in [4.78, 5) is 0.385. The molecule has 0 aliphatic carbocycles. The lowest BCUT2D eigenvalue weighted by molar-refractivity contribution is 0.468. The molecule has 4 nitrogen and oxygen atoms in total. The first-order valence-electron chi connectivity index (χ1n) is 6.80. The van der Waals surface area contributed by atoms with Crippen molar-refractivity contribution in [3.05, 3.63) is 27.7 Å². The zero-order valence-corrected chi connectivity index (χ0v) is 14.9. The minimum atomic E-state index is -3.43. The van der Waals surface area contributed by atoms with E-state index < -0.39 is 10.0 Å². The van der Waals surface area contributed by atoms with Crippen LogP contribution < -0.4 is 5.32 Å². The highest BCUT2D eigenvalue weighted by Crippen LogP contribution is 2.27. The average molecular weight is 363 g/mol. The summed E-state index contributed by atoms with van der Waals surface area (Å²) in [5, 5.41) is 3.22. The Morgan fingerprint density at radius 2 is 1.95 bits per heavy atom. The number of benzene rings is 1. The van der Waals surface area contributed by atoms with Crippen molar-refractivity contribution in [3.8, 4) is 0 Å². The maximum absolute atomic E-state index is 12.6. The number of sulfonamides is 1. The maximum Gasteiger partial charge on any atom is 0.243 e.